The molecule has 3 atom stereocenters. The summed E-state index contributed by atoms with van der Waals surface area (Å²) in [5, 5.41) is 0. The molecule has 1 rings (SSSR count). The van der Waals surface area contributed by atoms with E-state index in [0.29, 0.717) is 64.8 Å². The fourth-order valence-corrected chi connectivity index (χ4v) is 13.1. The van der Waals surface area contributed by atoms with Crippen LogP contribution >= 0.6 is 23.0 Å². The van der Waals surface area contributed by atoms with Gasteiger partial charge in [-0.1, -0.05) is 34.6 Å². The Hall–Kier alpha value is 0.360. The van der Waals surface area contributed by atoms with Gasteiger partial charge in [0, 0.05) is 32.7 Å². The molecule has 0 saturated heterocycles. The molecule has 6 nitrogen and oxygen atoms in total. The van der Waals surface area contributed by atoms with Crippen LogP contribution in [0.1, 0.15) is 66.7 Å². The fraction of sp³-hybridized carbons (Fsp3) is 1.00. The Balaban J connectivity index is 3.71. The molecule has 3 unspecified atom stereocenters. The van der Waals surface area contributed by atoms with E-state index >= 15 is 12.6 Å². The van der Waals surface area contributed by atoms with Crippen LogP contribution in [-0.2, 0) is 0 Å². The van der Waals surface area contributed by atoms with Gasteiger partial charge in [0.1, 0.15) is 0 Å². The highest BCUT2D eigenvalue weighted by Gasteiger charge is 2.45. The van der Waals surface area contributed by atoms with Gasteiger partial charge in [0.2, 0.25) is 0 Å². The van der Waals surface area contributed by atoms with Gasteiger partial charge >= 0.3 is 23.0 Å². The van der Waals surface area contributed by atoms with E-state index in [1.165, 1.54) is 21.1 Å². The number of nitrogens with zero attached hydrogens (tertiary/aromatic N) is 6. The maximum atomic E-state index is 16.2. The summed E-state index contributed by atoms with van der Waals surface area (Å²) in [4.78, 5) is 0. The van der Waals surface area contributed by atoms with Crippen molar-refractivity contribution in [3.63, 3.8) is 0 Å². The van der Waals surface area contributed by atoms with Crippen LogP contribution in [0.4, 0.5) is 12.6 Å². The van der Waals surface area contributed by atoms with Crippen molar-refractivity contribution in [2.24, 2.45) is 13.5 Å². The Labute approximate surface area is 170 Å². The van der Waals surface area contributed by atoms with E-state index in [0.717, 1.165) is 0 Å². The van der Waals surface area contributed by atoms with Gasteiger partial charge in [-0.2, -0.15) is 26.1 Å². The van der Waals surface area contributed by atoms with Gasteiger partial charge < -0.3 is 0 Å². The molecule has 0 radical (unpaired) electrons. The van der Waals surface area contributed by atoms with Crippen molar-refractivity contribution in [1.29, 1.82) is 0 Å². The lowest BCUT2D eigenvalue weighted by Crippen LogP contribution is -2.24. The first-order valence-corrected chi connectivity index (χ1v) is 15.0. The second-order valence-corrected chi connectivity index (χ2v) is 14.0. The second-order valence-electron chi connectivity index (χ2n) is 7.04. The summed E-state index contributed by atoms with van der Waals surface area (Å²) in [7, 11) is -11.0. The first-order valence-electron chi connectivity index (χ1n) is 10.4. The molecular formula is C16H38F3N6P3. The number of rotatable bonds is 13. The van der Waals surface area contributed by atoms with E-state index in [-0.39, 0.29) is 0 Å². The lowest BCUT2D eigenvalue weighted by Gasteiger charge is -2.36. The maximum absolute atomic E-state index is 16.2. The molecule has 0 saturated carbocycles. The van der Waals surface area contributed by atoms with Crippen LogP contribution < -0.4 is 0 Å². The molecular weight excluding hydrogens is 426 g/mol. The first kappa shape index (κ1) is 26.4. The molecule has 1 aliphatic heterocycles. The summed E-state index contributed by atoms with van der Waals surface area (Å²) in [5.41, 5.74) is 0. The van der Waals surface area contributed by atoms with Gasteiger partial charge in [-0.25, -0.2) is 14.0 Å². The largest absolute Gasteiger partial charge is 0.323 e. The van der Waals surface area contributed by atoms with Gasteiger partial charge in [-0.3, -0.25) is 0 Å². The Morgan fingerprint density at radius 1 is 0.536 bits per heavy atom. The maximum Gasteiger partial charge on any atom is 0.323 e. The summed E-state index contributed by atoms with van der Waals surface area (Å²) in [6.45, 7) is 11.4. The zero-order chi connectivity index (χ0) is 21.4. The van der Waals surface area contributed by atoms with Crippen molar-refractivity contribution in [3.05, 3.63) is 0 Å². The van der Waals surface area contributed by atoms with Crippen LogP contribution in [0, 0.1) is 0 Å². The Bertz CT molecular complexity index is 624. The molecule has 0 aromatic rings. The first-order chi connectivity index (χ1) is 13.1. The van der Waals surface area contributed by atoms with Gasteiger partial charge in [-0.15, -0.1) is 0 Å². The standard InChI is InChI=1S/C16H38F3N6P3/c1-7-12-23(6)26(17)20-27(18,24(13-8-2)14-9-3)22-28(19,21-26)25(15-10-4)16-11-5/h7-16H2,1-6H3. The van der Waals surface area contributed by atoms with E-state index < -0.39 is 23.0 Å². The summed E-state index contributed by atoms with van der Waals surface area (Å²) in [5.74, 6) is 0. The van der Waals surface area contributed by atoms with E-state index in [4.69, 9.17) is 0 Å². The minimum Gasteiger partial charge on any atom is -0.229 e. The summed E-state index contributed by atoms with van der Waals surface area (Å²) < 4.78 is 64.6. The van der Waals surface area contributed by atoms with Crippen molar-refractivity contribution < 1.29 is 12.6 Å². The predicted octanol–water partition coefficient (Wildman–Crippen LogP) is 8.33. The SMILES string of the molecule is CCCN(C)P1(F)=NP(F)(N(CCC)CCC)=NP(F)(N(CCC)CCC)=N1. The summed E-state index contributed by atoms with van der Waals surface area (Å²) >= 11 is 0. The van der Waals surface area contributed by atoms with Gasteiger partial charge in [0.05, 0.1) is 0 Å². The van der Waals surface area contributed by atoms with Crippen LogP contribution in [0.5, 0.6) is 0 Å². The Morgan fingerprint density at radius 2 is 0.821 bits per heavy atom. The minimum atomic E-state index is -4.17. The third-order valence-electron chi connectivity index (χ3n) is 4.31. The Kier molecular flexibility index (Phi) is 11.0. The van der Waals surface area contributed by atoms with Gasteiger partial charge in [0.15, 0.2) is 0 Å². The highest BCUT2D eigenvalue weighted by Crippen LogP contribution is 2.82. The third-order valence-corrected chi connectivity index (χ3v) is 13.1. The Morgan fingerprint density at radius 3 is 1.14 bits per heavy atom. The van der Waals surface area contributed by atoms with E-state index in [1.807, 2.05) is 34.6 Å². The predicted molar refractivity (Wildman–Crippen MR) is 119 cm³/mol. The molecule has 1 heterocycles. The average Bonchev–Trinajstić information content (AvgIpc) is 2.60. The normalized spacial score (nSPS) is 30.4. The van der Waals surface area contributed by atoms with E-state index in [1.54, 1.807) is 0 Å². The summed E-state index contributed by atoms with van der Waals surface area (Å²) in [6, 6.07) is 0. The van der Waals surface area contributed by atoms with Gasteiger partial charge in [0.25, 0.3) is 0 Å². The molecule has 12 heteroatoms. The quantitative estimate of drug-likeness (QED) is 0.257. The topological polar surface area (TPSA) is 46.8 Å². The van der Waals surface area contributed by atoms with Crippen LogP contribution in [0.3, 0.4) is 0 Å². The highest BCUT2D eigenvalue weighted by molar-refractivity contribution is 7.80. The zero-order valence-electron chi connectivity index (χ0n) is 18.2. The minimum absolute atomic E-state index is 0.348. The van der Waals surface area contributed by atoms with Crippen molar-refractivity contribution in [2.45, 2.75) is 66.7 Å². The molecule has 0 spiro atoms. The van der Waals surface area contributed by atoms with Crippen LogP contribution in [-0.4, -0.2) is 53.8 Å². The molecule has 0 aliphatic carbocycles. The number of hydrogen-bond acceptors (Lipinski definition) is 6. The van der Waals surface area contributed by atoms with E-state index in [9.17, 15) is 0 Å². The number of halogens is 3. The second kappa shape index (κ2) is 11.7. The monoisotopic (exact) mass is 464 g/mol. The van der Waals surface area contributed by atoms with Crippen molar-refractivity contribution in [1.82, 2.24) is 14.0 Å². The smallest absolute Gasteiger partial charge is 0.229 e. The van der Waals surface area contributed by atoms with E-state index in [2.05, 4.69) is 13.5 Å². The molecule has 0 N–H and O–H groups in total. The molecule has 28 heavy (non-hydrogen) atoms. The molecule has 0 bridgehead atoms. The zero-order valence-corrected chi connectivity index (χ0v) is 20.9. The fourth-order valence-electron chi connectivity index (χ4n) is 3.07. The lowest BCUT2D eigenvalue weighted by molar-refractivity contribution is 0.415. The van der Waals surface area contributed by atoms with Crippen molar-refractivity contribution in [2.75, 3.05) is 39.8 Å². The molecule has 168 valence electrons. The molecule has 0 aromatic heterocycles. The average molecular weight is 464 g/mol. The number of hydrogen-bond donors (Lipinski definition) is 0. The lowest BCUT2D eigenvalue weighted by atomic mass is 10.4. The molecule has 0 fully saturated rings. The highest BCUT2D eigenvalue weighted by atomic mass is 31.3. The van der Waals surface area contributed by atoms with Crippen LogP contribution in [0.2, 0.25) is 0 Å². The van der Waals surface area contributed by atoms with Gasteiger partial charge in [-0.05, 0) is 39.2 Å². The summed E-state index contributed by atoms with van der Waals surface area (Å²) in [6.07, 6.45) is 3.33. The van der Waals surface area contributed by atoms with Crippen LogP contribution in [0.25, 0.3) is 0 Å². The molecule has 0 aromatic carbocycles. The van der Waals surface area contributed by atoms with Crippen molar-refractivity contribution in [3.8, 4) is 0 Å². The third kappa shape index (κ3) is 6.43. The van der Waals surface area contributed by atoms with Crippen molar-refractivity contribution >= 4 is 23.0 Å². The van der Waals surface area contributed by atoms with Crippen LogP contribution in [0.15, 0.2) is 13.5 Å². The molecule has 1 aliphatic rings. The molecule has 0 amide bonds.